The van der Waals surface area contributed by atoms with Crippen LogP contribution in [0.3, 0.4) is 0 Å². The van der Waals surface area contributed by atoms with E-state index in [0.29, 0.717) is 56.6 Å². The highest BCUT2D eigenvalue weighted by atomic mass is 35.5. The first-order valence-electron chi connectivity index (χ1n) is 15.3. The van der Waals surface area contributed by atoms with Gasteiger partial charge in [0.1, 0.15) is 36.3 Å². The molecule has 0 saturated carbocycles. The van der Waals surface area contributed by atoms with Gasteiger partial charge in [0.25, 0.3) is 0 Å². The molecule has 1 saturated heterocycles. The van der Waals surface area contributed by atoms with Gasteiger partial charge in [-0.25, -0.2) is 0 Å². The fraction of sp³-hybridized carbons (Fsp3) is 0.806. The van der Waals surface area contributed by atoms with Crippen molar-refractivity contribution in [3.05, 3.63) is 27.8 Å². The molecule has 1 aromatic carbocycles. The Morgan fingerprint density at radius 3 is 2.05 bits per heavy atom. The minimum atomic E-state index is -0.478. The monoisotopic (exact) mass is 570 g/mol. The Labute approximate surface area is 240 Å². The van der Waals surface area contributed by atoms with Crippen molar-refractivity contribution >= 4 is 11.6 Å². The number of rotatable bonds is 19. The highest BCUT2D eigenvalue weighted by Crippen LogP contribution is 2.46. The molecule has 1 unspecified atom stereocenters. The number of aliphatic hydroxyl groups excluding tert-OH is 1. The minimum absolute atomic E-state index is 0.157. The summed E-state index contributed by atoms with van der Waals surface area (Å²) in [6.45, 7) is 12.0. The molecule has 5 atom stereocenters. The maximum Gasteiger partial charge on any atom is 0.130 e. The van der Waals surface area contributed by atoms with Crippen LogP contribution in [0.4, 0.5) is 0 Å². The maximum atomic E-state index is 10.1. The number of fused-ring (bicyclic) bond motifs is 1. The molecule has 0 amide bonds. The molecule has 0 radical (unpaired) electrons. The summed E-state index contributed by atoms with van der Waals surface area (Å²) in [6.07, 6.45) is 6.84. The molecule has 0 aliphatic carbocycles. The van der Waals surface area contributed by atoms with E-state index in [1.807, 2.05) is 6.07 Å². The van der Waals surface area contributed by atoms with Crippen molar-refractivity contribution in [2.24, 2.45) is 0 Å². The van der Waals surface area contributed by atoms with Gasteiger partial charge in [0, 0.05) is 44.0 Å². The summed E-state index contributed by atoms with van der Waals surface area (Å²) in [5.41, 5.74) is 2.45. The van der Waals surface area contributed by atoms with E-state index in [2.05, 4.69) is 27.7 Å². The van der Waals surface area contributed by atoms with Crippen molar-refractivity contribution < 1.29 is 33.5 Å². The maximum absolute atomic E-state index is 10.1. The van der Waals surface area contributed by atoms with Crippen LogP contribution in [0.2, 0.25) is 5.02 Å². The van der Waals surface area contributed by atoms with E-state index in [9.17, 15) is 5.11 Å². The lowest BCUT2D eigenvalue weighted by atomic mass is 9.88. The highest BCUT2D eigenvalue weighted by Gasteiger charge is 2.50. The summed E-state index contributed by atoms with van der Waals surface area (Å²) in [5, 5.41) is 10.7. The van der Waals surface area contributed by atoms with Crippen molar-refractivity contribution in [2.45, 2.75) is 123 Å². The zero-order chi connectivity index (χ0) is 28.0. The molecule has 39 heavy (non-hydrogen) atoms. The van der Waals surface area contributed by atoms with Gasteiger partial charge in [0.2, 0.25) is 0 Å². The Balaban J connectivity index is 2.03. The van der Waals surface area contributed by atoms with E-state index < -0.39 is 12.2 Å². The lowest BCUT2D eigenvalue weighted by molar-refractivity contribution is -0.268. The molecular weight excluding hydrogens is 520 g/mol. The van der Waals surface area contributed by atoms with E-state index >= 15 is 0 Å². The number of hydrogen-bond donors (Lipinski definition) is 1. The molecule has 3 rings (SSSR count). The number of aliphatic hydroxyl groups is 1. The van der Waals surface area contributed by atoms with Gasteiger partial charge in [0.05, 0.1) is 24.8 Å². The lowest BCUT2D eigenvalue weighted by Gasteiger charge is -2.46. The second-order valence-electron chi connectivity index (χ2n) is 10.6. The number of hydrogen-bond acceptors (Lipinski definition) is 7. The molecule has 1 aromatic rings. The van der Waals surface area contributed by atoms with Crippen LogP contribution in [0.1, 0.15) is 102 Å². The fourth-order valence-corrected chi connectivity index (χ4v) is 5.46. The second-order valence-corrected chi connectivity index (χ2v) is 11.0. The summed E-state index contributed by atoms with van der Waals surface area (Å²) < 4.78 is 38.8. The average molecular weight is 571 g/mol. The summed E-state index contributed by atoms with van der Waals surface area (Å²) in [5.74, 6) is 0.745. The van der Waals surface area contributed by atoms with Gasteiger partial charge in [-0.3, -0.25) is 0 Å². The lowest BCUT2D eigenvalue weighted by Crippen LogP contribution is -2.58. The van der Waals surface area contributed by atoms with Crippen molar-refractivity contribution in [1.82, 2.24) is 0 Å². The molecule has 1 N–H and O–H groups in total. The third-order valence-corrected chi connectivity index (χ3v) is 7.94. The first-order chi connectivity index (χ1) is 19.1. The number of ether oxygens (including phenoxy) is 6. The summed E-state index contributed by atoms with van der Waals surface area (Å²) in [6, 6.07) is 1.92. The van der Waals surface area contributed by atoms with Crippen molar-refractivity contribution in [3.63, 3.8) is 0 Å². The van der Waals surface area contributed by atoms with E-state index in [1.54, 1.807) is 0 Å². The molecule has 1 fully saturated rings. The predicted octanol–water partition coefficient (Wildman–Crippen LogP) is 6.58. The standard InChI is InChI=1S/C31H51ClO7/c1-5-9-14-34-21-25-29(35-15-10-6-2)31(37-17-12-8-4)30(36-16-11-7-3)28(39-25)24-19-22(20-33)26(32)23-13-18-38-27(23)24/h19,25,28-31,33H,5-18,20-21H2,1-4H3/t25-,28?,29-,30+,31+/m1/s1. The quantitative estimate of drug-likeness (QED) is 0.188. The van der Waals surface area contributed by atoms with E-state index in [4.69, 9.17) is 40.0 Å². The smallest absolute Gasteiger partial charge is 0.130 e. The second kappa shape index (κ2) is 17.8. The van der Waals surface area contributed by atoms with E-state index in [0.717, 1.165) is 68.2 Å². The normalized spacial score (nSPS) is 24.6. The summed E-state index contributed by atoms with van der Waals surface area (Å²) in [7, 11) is 0. The fourth-order valence-electron chi connectivity index (χ4n) is 5.17. The van der Waals surface area contributed by atoms with Crippen LogP contribution in [0.15, 0.2) is 6.07 Å². The average Bonchev–Trinajstić information content (AvgIpc) is 3.44. The van der Waals surface area contributed by atoms with Gasteiger partial charge in [-0.15, -0.1) is 0 Å². The summed E-state index contributed by atoms with van der Waals surface area (Å²) >= 11 is 6.66. The molecule has 0 spiro atoms. The topological polar surface area (TPSA) is 75.6 Å². The zero-order valence-corrected chi connectivity index (χ0v) is 25.3. The van der Waals surface area contributed by atoms with Gasteiger partial charge in [-0.1, -0.05) is 65.0 Å². The van der Waals surface area contributed by atoms with E-state index in [1.165, 1.54) is 0 Å². The molecule has 0 bridgehead atoms. The first-order valence-corrected chi connectivity index (χ1v) is 15.6. The summed E-state index contributed by atoms with van der Waals surface area (Å²) in [4.78, 5) is 0. The third-order valence-electron chi connectivity index (χ3n) is 7.47. The van der Waals surface area contributed by atoms with Crippen molar-refractivity contribution in [3.8, 4) is 5.75 Å². The third kappa shape index (κ3) is 8.78. The predicted molar refractivity (Wildman–Crippen MR) is 154 cm³/mol. The van der Waals surface area contributed by atoms with Gasteiger partial charge < -0.3 is 33.5 Å². The molecule has 8 heteroatoms. The molecule has 2 aliphatic rings. The SMILES string of the molecule is CCCCOC[C@H]1OC(c2cc(CO)c(Cl)c3c2OCC3)[C@H](OCCCC)[C@@H](OCCCC)[C@@H]1OCCCC. The Morgan fingerprint density at radius 2 is 1.44 bits per heavy atom. The van der Waals surface area contributed by atoms with Crippen LogP contribution in [0.25, 0.3) is 0 Å². The van der Waals surface area contributed by atoms with Crippen LogP contribution < -0.4 is 4.74 Å². The van der Waals surface area contributed by atoms with Crippen LogP contribution in [-0.4, -0.2) is 69.2 Å². The molecule has 0 aromatic heterocycles. The van der Waals surface area contributed by atoms with Crippen LogP contribution >= 0.6 is 11.6 Å². The van der Waals surface area contributed by atoms with Gasteiger partial charge >= 0.3 is 0 Å². The molecule has 2 aliphatic heterocycles. The number of unbranched alkanes of at least 4 members (excludes halogenated alkanes) is 4. The Hall–Kier alpha value is -0.930. The highest BCUT2D eigenvalue weighted by molar-refractivity contribution is 6.32. The van der Waals surface area contributed by atoms with Gasteiger partial charge in [-0.05, 0) is 37.3 Å². The van der Waals surface area contributed by atoms with Crippen molar-refractivity contribution in [1.29, 1.82) is 0 Å². The molecular formula is C31H51ClO7. The molecule has 224 valence electrons. The number of benzene rings is 1. The minimum Gasteiger partial charge on any atom is -0.493 e. The van der Waals surface area contributed by atoms with E-state index in [-0.39, 0.29) is 24.9 Å². The number of halogens is 1. The first kappa shape index (κ1) is 32.6. The van der Waals surface area contributed by atoms with Gasteiger partial charge in [0.15, 0.2) is 0 Å². The Bertz CT molecular complexity index is 836. The van der Waals surface area contributed by atoms with Crippen LogP contribution in [0, 0.1) is 0 Å². The van der Waals surface area contributed by atoms with Crippen molar-refractivity contribution in [2.75, 3.05) is 39.6 Å². The van der Waals surface area contributed by atoms with Crippen LogP contribution in [-0.2, 0) is 36.7 Å². The molecule has 7 nitrogen and oxygen atoms in total. The Kier molecular flexibility index (Phi) is 14.9. The Morgan fingerprint density at radius 1 is 0.846 bits per heavy atom. The largest absolute Gasteiger partial charge is 0.493 e. The zero-order valence-electron chi connectivity index (χ0n) is 24.6. The molecule has 2 heterocycles. The van der Waals surface area contributed by atoms with Crippen LogP contribution in [0.5, 0.6) is 5.75 Å². The van der Waals surface area contributed by atoms with Gasteiger partial charge in [-0.2, -0.15) is 0 Å².